The second-order valence-corrected chi connectivity index (χ2v) is 10.1. The maximum Gasteiger partial charge on any atom is 0.252 e. The van der Waals surface area contributed by atoms with Gasteiger partial charge in [0.15, 0.2) is 0 Å². The Morgan fingerprint density at radius 3 is 2.71 bits per heavy atom. The van der Waals surface area contributed by atoms with Crippen LogP contribution in [0.5, 0.6) is 0 Å². The van der Waals surface area contributed by atoms with Crippen molar-refractivity contribution >= 4 is 48.9 Å². The fourth-order valence-corrected chi connectivity index (χ4v) is 6.31. The number of hydrogen-bond acceptors (Lipinski definition) is 5. The molecule has 1 N–H and O–H groups in total. The normalized spacial score (nSPS) is 19.1. The third-order valence-electron chi connectivity index (χ3n) is 3.85. The van der Waals surface area contributed by atoms with Gasteiger partial charge in [-0.05, 0) is 53.0 Å². The second kappa shape index (κ2) is 7.30. The van der Waals surface area contributed by atoms with Gasteiger partial charge in [0, 0.05) is 31.2 Å². The van der Waals surface area contributed by atoms with E-state index in [1.54, 1.807) is 36.7 Å². The smallest absolute Gasteiger partial charge is 0.252 e. The summed E-state index contributed by atoms with van der Waals surface area (Å²) in [6.07, 6.45) is 4.54. The van der Waals surface area contributed by atoms with E-state index >= 15 is 0 Å². The van der Waals surface area contributed by atoms with Crippen LogP contribution in [0.15, 0.2) is 44.7 Å². The van der Waals surface area contributed by atoms with E-state index < -0.39 is 10.0 Å². The molecule has 1 saturated heterocycles. The standard InChI is InChI=1S/C15H16BrN3O3S2/c16-13-3-4-14(23-13)24(21,22)19-9-1-2-11(10-19)15(20)18-12-5-7-17-8-6-12/h3-8,11H,1-2,9-10H2,(H,17,18,20). The minimum atomic E-state index is -3.55. The van der Waals surface area contributed by atoms with E-state index in [-0.39, 0.29) is 18.4 Å². The first-order valence-electron chi connectivity index (χ1n) is 7.43. The molecular formula is C15H16BrN3O3S2. The lowest BCUT2D eigenvalue weighted by Gasteiger charge is -2.30. The molecule has 6 nitrogen and oxygen atoms in total. The van der Waals surface area contributed by atoms with E-state index in [9.17, 15) is 13.2 Å². The number of hydrogen-bond donors (Lipinski definition) is 1. The fourth-order valence-electron chi connectivity index (χ4n) is 2.62. The number of carbonyl (C=O) groups is 1. The minimum absolute atomic E-state index is 0.159. The molecule has 0 radical (unpaired) electrons. The van der Waals surface area contributed by atoms with Crippen LogP contribution >= 0.6 is 27.3 Å². The van der Waals surface area contributed by atoms with Gasteiger partial charge in [-0.1, -0.05) is 0 Å². The van der Waals surface area contributed by atoms with Gasteiger partial charge < -0.3 is 5.32 Å². The van der Waals surface area contributed by atoms with Crippen LogP contribution < -0.4 is 5.32 Å². The number of thiophene rings is 1. The molecule has 1 atom stereocenters. The zero-order valence-corrected chi connectivity index (χ0v) is 15.9. The Morgan fingerprint density at radius 2 is 2.04 bits per heavy atom. The maximum atomic E-state index is 12.7. The van der Waals surface area contributed by atoms with Gasteiger partial charge in [-0.2, -0.15) is 4.31 Å². The summed E-state index contributed by atoms with van der Waals surface area (Å²) in [5.74, 6) is -0.515. The van der Waals surface area contributed by atoms with Crippen molar-refractivity contribution in [3.05, 3.63) is 40.4 Å². The molecule has 9 heteroatoms. The number of anilines is 1. The molecule has 24 heavy (non-hydrogen) atoms. The molecule has 128 valence electrons. The molecule has 1 amide bonds. The Balaban J connectivity index is 1.71. The van der Waals surface area contributed by atoms with Gasteiger partial charge in [-0.25, -0.2) is 8.42 Å². The molecular weight excluding hydrogens is 414 g/mol. The van der Waals surface area contributed by atoms with Crippen LogP contribution in [-0.2, 0) is 14.8 Å². The molecule has 3 heterocycles. The lowest BCUT2D eigenvalue weighted by molar-refractivity contribution is -0.120. The van der Waals surface area contributed by atoms with Gasteiger partial charge in [0.2, 0.25) is 5.91 Å². The predicted molar refractivity (Wildman–Crippen MR) is 96.4 cm³/mol. The van der Waals surface area contributed by atoms with Gasteiger partial charge in [0.25, 0.3) is 10.0 Å². The topological polar surface area (TPSA) is 79.4 Å². The first kappa shape index (κ1) is 17.5. The summed E-state index contributed by atoms with van der Waals surface area (Å²) in [6, 6.07) is 6.72. The largest absolute Gasteiger partial charge is 0.326 e. The lowest BCUT2D eigenvalue weighted by Crippen LogP contribution is -2.43. The monoisotopic (exact) mass is 429 g/mol. The summed E-state index contributed by atoms with van der Waals surface area (Å²) >= 11 is 4.47. The predicted octanol–water partition coefficient (Wildman–Crippen LogP) is 2.95. The number of carbonyl (C=O) groups excluding carboxylic acids is 1. The molecule has 1 fully saturated rings. The van der Waals surface area contributed by atoms with Gasteiger partial charge in [-0.3, -0.25) is 9.78 Å². The second-order valence-electron chi connectivity index (χ2n) is 5.49. The maximum absolute atomic E-state index is 12.7. The van der Waals surface area contributed by atoms with Gasteiger partial charge in [0.1, 0.15) is 4.21 Å². The number of aromatic nitrogens is 1. The third kappa shape index (κ3) is 3.85. The van der Waals surface area contributed by atoms with Crippen molar-refractivity contribution < 1.29 is 13.2 Å². The number of nitrogens with one attached hydrogen (secondary N) is 1. The van der Waals surface area contributed by atoms with Crippen molar-refractivity contribution in [3.8, 4) is 0 Å². The summed E-state index contributed by atoms with van der Waals surface area (Å²) in [6.45, 7) is 0.645. The first-order chi connectivity index (χ1) is 11.5. The van der Waals surface area contributed by atoms with Crippen molar-refractivity contribution in [3.63, 3.8) is 0 Å². The number of nitrogens with zero attached hydrogens (tertiary/aromatic N) is 2. The van der Waals surface area contributed by atoms with E-state index in [0.717, 1.165) is 3.79 Å². The molecule has 1 unspecified atom stereocenters. The van der Waals surface area contributed by atoms with E-state index in [2.05, 4.69) is 26.2 Å². The summed E-state index contributed by atoms with van der Waals surface area (Å²) < 4.78 is 27.9. The van der Waals surface area contributed by atoms with Crippen LogP contribution in [0.25, 0.3) is 0 Å². The Morgan fingerprint density at radius 1 is 1.29 bits per heavy atom. The van der Waals surface area contributed by atoms with Crippen molar-refractivity contribution in [1.82, 2.24) is 9.29 Å². The van der Waals surface area contributed by atoms with Gasteiger partial charge >= 0.3 is 0 Å². The molecule has 0 bridgehead atoms. The summed E-state index contributed by atoms with van der Waals surface area (Å²) in [4.78, 5) is 16.3. The highest BCUT2D eigenvalue weighted by Gasteiger charge is 2.34. The highest BCUT2D eigenvalue weighted by molar-refractivity contribution is 9.11. The Hall–Kier alpha value is -1.29. The molecule has 1 aliphatic rings. The third-order valence-corrected chi connectivity index (χ3v) is 7.80. The van der Waals surface area contributed by atoms with Crippen molar-refractivity contribution in [1.29, 1.82) is 0 Å². The molecule has 0 spiro atoms. The van der Waals surface area contributed by atoms with E-state index in [1.165, 1.54) is 15.6 Å². The quantitative estimate of drug-likeness (QED) is 0.809. The van der Waals surface area contributed by atoms with Crippen molar-refractivity contribution in [2.24, 2.45) is 5.92 Å². The summed E-state index contributed by atoms with van der Waals surface area (Å²) in [5, 5.41) is 2.82. The number of halogens is 1. The Labute approximate surface area is 153 Å². The van der Waals surface area contributed by atoms with E-state index in [0.29, 0.717) is 29.3 Å². The number of piperidine rings is 1. The van der Waals surface area contributed by atoms with Crippen LogP contribution in [0.4, 0.5) is 5.69 Å². The van der Waals surface area contributed by atoms with Crippen LogP contribution in [0.2, 0.25) is 0 Å². The average molecular weight is 430 g/mol. The highest BCUT2D eigenvalue weighted by atomic mass is 79.9. The van der Waals surface area contributed by atoms with Crippen LogP contribution in [0.3, 0.4) is 0 Å². The van der Waals surface area contributed by atoms with Crippen LogP contribution in [0, 0.1) is 5.92 Å². The first-order valence-corrected chi connectivity index (χ1v) is 10.5. The van der Waals surface area contributed by atoms with E-state index in [4.69, 9.17) is 0 Å². The summed E-state index contributed by atoms with van der Waals surface area (Å²) in [5.41, 5.74) is 0.664. The number of sulfonamides is 1. The van der Waals surface area contributed by atoms with Gasteiger partial charge in [0.05, 0.1) is 9.70 Å². The highest BCUT2D eigenvalue weighted by Crippen LogP contribution is 2.31. The van der Waals surface area contributed by atoms with Crippen LogP contribution in [0.1, 0.15) is 12.8 Å². The number of pyridine rings is 1. The molecule has 3 rings (SSSR count). The zero-order chi connectivity index (χ0) is 17.2. The zero-order valence-electron chi connectivity index (χ0n) is 12.7. The van der Waals surface area contributed by atoms with Crippen molar-refractivity contribution in [2.45, 2.75) is 17.1 Å². The fraction of sp³-hybridized carbons (Fsp3) is 0.333. The van der Waals surface area contributed by atoms with Gasteiger partial charge in [-0.15, -0.1) is 11.3 Å². The SMILES string of the molecule is O=C(Nc1ccncc1)C1CCCN(S(=O)(=O)c2ccc(Br)s2)C1. The molecule has 0 aliphatic carbocycles. The minimum Gasteiger partial charge on any atom is -0.326 e. The Bertz CT molecular complexity index is 823. The Kier molecular flexibility index (Phi) is 5.33. The van der Waals surface area contributed by atoms with E-state index in [1.807, 2.05) is 0 Å². The lowest BCUT2D eigenvalue weighted by atomic mass is 9.99. The summed E-state index contributed by atoms with van der Waals surface area (Å²) in [7, 11) is -3.55. The number of rotatable bonds is 4. The number of amides is 1. The average Bonchev–Trinajstić information content (AvgIpc) is 3.03. The van der Waals surface area contributed by atoms with Crippen molar-refractivity contribution in [2.75, 3.05) is 18.4 Å². The molecule has 0 aromatic carbocycles. The molecule has 0 saturated carbocycles. The molecule has 1 aliphatic heterocycles. The molecule has 2 aromatic heterocycles. The molecule has 2 aromatic rings. The van der Waals surface area contributed by atoms with Crippen LogP contribution in [-0.4, -0.2) is 36.7 Å².